The third kappa shape index (κ3) is 3.37. The van der Waals surface area contributed by atoms with Crippen molar-refractivity contribution in [1.29, 1.82) is 0 Å². The van der Waals surface area contributed by atoms with Crippen molar-refractivity contribution in [3.8, 4) is 0 Å². The minimum atomic E-state index is -0.525. The Morgan fingerprint density at radius 1 is 1.19 bits per heavy atom. The summed E-state index contributed by atoms with van der Waals surface area (Å²) in [7, 11) is 0. The van der Waals surface area contributed by atoms with E-state index in [1.165, 1.54) is 11.3 Å². The maximum absolute atomic E-state index is 12.7. The van der Waals surface area contributed by atoms with Crippen LogP contribution in [0.3, 0.4) is 0 Å². The number of ether oxygens (including phenoxy) is 1. The zero-order valence-electron chi connectivity index (χ0n) is 14.2. The highest BCUT2D eigenvalue weighted by Gasteiger charge is 2.34. The number of para-hydroxylation sites is 1. The van der Waals surface area contributed by atoms with Crippen molar-refractivity contribution < 1.29 is 18.7 Å². The van der Waals surface area contributed by atoms with Gasteiger partial charge in [0.1, 0.15) is 24.0 Å². The van der Waals surface area contributed by atoms with Crippen LogP contribution in [0.15, 0.2) is 52.3 Å². The first-order chi connectivity index (χ1) is 12.7. The van der Waals surface area contributed by atoms with E-state index in [0.717, 1.165) is 23.8 Å². The first-order valence-corrected chi connectivity index (χ1v) is 9.59. The smallest absolute Gasteiger partial charge is 0.329 e. The Morgan fingerprint density at radius 3 is 2.88 bits per heavy atom. The number of furan rings is 1. The van der Waals surface area contributed by atoms with Gasteiger partial charge in [-0.15, -0.1) is 11.3 Å². The van der Waals surface area contributed by atoms with Crippen LogP contribution in [0.5, 0.6) is 0 Å². The van der Waals surface area contributed by atoms with Crippen LogP contribution in [0.1, 0.15) is 34.7 Å². The number of hydrogen-bond acceptors (Lipinski definition) is 5. The van der Waals surface area contributed by atoms with Gasteiger partial charge in [0.25, 0.3) is 5.91 Å². The van der Waals surface area contributed by atoms with Crippen LogP contribution < -0.4 is 0 Å². The Morgan fingerprint density at radius 2 is 2.08 bits per heavy atom. The second-order valence-corrected chi connectivity index (χ2v) is 7.29. The lowest BCUT2D eigenvalue weighted by molar-refractivity contribution is -0.152. The average Bonchev–Trinajstić information content (AvgIpc) is 3.35. The lowest BCUT2D eigenvalue weighted by Crippen LogP contribution is -2.48. The van der Waals surface area contributed by atoms with Crippen LogP contribution in [-0.4, -0.2) is 29.4 Å². The average molecular weight is 369 g/mol. The number of amides is 1. The highest BCUT2D eigenvalue weighted by atomic mass is 32.1. The molecule has 3 aromatic rings. The van der Waals surface area contributed by atoms with Crippen LogP contribution in [-0.2, 0) is 16.1 Å². The van der Waals surface area contributed by atoms with Crippen LogP contribution in [0.4, 0.5) is 0 Å². The summed E-state index contributed by atoms with van der Waals surface area (Å²) in [5.41, 5.74) is 0.769. The van der Waals surface area contributed by atoms with Crippen molar-refractivity contribution in [3.05, 3.63) is 58.5 Å². The molecule has 0 N–H and O–H groups in total. The summed E-state index contributed by atoms with van der Waals surface area (Å²) in [6.45, 7) is 0.659. The van der Waals surface area contributed by atoms with E-state index in [1.54, 1.807) is 11.0 Å². The third-order valence-corrected chi connectivity index (χ3v) is 5.46. The normalized spacial score (nSPS) is 17.4. The van der Waals surface area contributed by atoms with E-state index in [9.17, 15) is 9.59 Å². The molecule has 0 saturated carbocycles. The number of carbonyl (C=O) groups is 2. The van der Waals surface area contributed by atoms with E-state index in [2.05, 4.69) is 0 Å². The molecule has 1 unspecified atom stereocenters. The SMILES string of the molecule is O=C(OCc1cc2ccccc2o1)C1CCCCN1C(=O)c1cccs1. The van der Waals surface area contributed by atoms with Crippen LogP contribution >= 0.6 is 11.3 Å². The lowest BCUT2D eigenvalue weighted by Gasteiger charge is -2.33. The first kappa shape index (κ1) is 16.8. The Bertz CT molecular complexity index is 882. The molecule has 134 valence electrons. The second kappa shape index (κ2) is 7.33. The zero-order chi connectivity index (χ0) is 17.9. The molecule has 6 heteroatoms. The maximum Gasteiger partial charge on any atom is 0.329 e. The van der Waals surface area contributed by atoms with Gasteiger partial charge in [0.15, 0.2) is 0 Å². The number of nitrogens with zero attached hydrogens (tertiary/aromatic N) is 1. The number of likely N-dealkylation sites (tertiary alicyclic amines) is 1. The zero-order valence-corrected chi connectivity index (χ0v) is 15.0. The molecule has 0 aliphatic carbocycles. The molecule has 2 aromatic heterocycles. The van der Waals surface area contributed by atoms with E-state index >= 15 is 0 Å². The van der Waals surface area contributed by atoms with Gasteiger partial charge in [-0.05, 0) is 42.8 Å². The largest absolute Gasteiger partial charge is 0.457 e. The summed E-state index contributed by atoms with van der Waals surface area (Å²) >= 11 is 1.39. The topological polar surface area (TPSA) is 59.8 Å². The van der Waals surface area contributed by atoms with Crippen molar-refractivity contribution in [2.75, 3.05) is 6.54 Å². The molecular weight excluding hydrogens is 350 g/mol. The Hall–Kier alpha value is -2.60. The molecule has 0 radical (unpaired) electrons. The van der Waals surface area contributed by atoms with Crippen molar-refractivity contribution in [3.63, 3.8) is 0 Å². The summed E-state index contributed by atoms with van der Waals surface area (Å²) in [6, 6.07) is 12.6. The van der Waals surface area contributed by atoms with E-state index in [-0.39, 0.29) is 18.5 Å². The summed E-state index contributed by atoms with van der Waals surface area (Å²) < 4.78 is 11.2. The molecule has 0 bridgehead atoms. The number of hydrogen-bond donors (Lipinski definition) is 0. The highest BCUT2D eigenvalue weighted by molar-refractivity contribution is 7.12. The quantitative estimate of drug-likeness (QED) is 0.646. The van der Waals surface area contributed by atoms with E-state index in [1.807, 2.05) is 41.8 Å². The predicted octanol–water partition coefficient (Wildman–Crippen LogP) is 4.23. The van der Waals surface area contributed by atoms with Crippen molar-refractivity contribution >= 4 is 34.2 Å². The van der Waals surface area contributed by atoms with Crippen LogP contribution in [0, 0.1) is 0 Å². The van der Waals surface area contributed by atoms with E-state index in [0.29, 0.717) is 23.6 Å². The number of thiophene rings is 1. The Labute approximate surface area is 155 Å². The highest BCUT2D eigenvalue weighted by Crippen LogP contribution is 2.24. The molecule has 0 spiro atoms. The number of benzene rings is 1. The molecule has 4 rings (SSSR count). The molecule has 26 heavy (non-hydrogen) atoms. The fourth-order valence-electron chi connectivity index (χ4n) is 3.31. The standard InChI is InChI=1S/C20H19NO4S/c22-19(18-9-5-11-26-18)21-10-4-3-7-16(21)20(23)24-13-15-12-14-6-1-2-8-17(14)25-15/h1-2,5-6,8-9,11-12,16H,3-4,7,10,13H2. The van der Waals surface area contributed by atoms with Gasteiger partial charge in [-0.1, -0.05) is 24.3 Å². The molecule has 3 heterocycles. The lowest BCUT2D eigenvalue weighted by atomic mass is 10.0. The fraction of sp³-hybridized carbons (Fsp3) is 0.300. The van der Waals surface area contributed by atoms with Crippen molar-refractivity contribution in [1.82, 2.24) is 4.90 Å². The molecule has 1 amide bonds. The number of carbonyl (C=O) groups excluding carboxylic acids is 2. The van der Waals surface area contributed by atoms with Crippen LogP contribution in [0.25, 0.3) is 11.0 Å². The molecule has 1 aromatic carbocycles. The van der Waals surface area contributed by atoms with E-state index < -0.39 is 6.04 Å². The first-order valence-electron chi connectivity index (χ1n) is 8.71. The molecule has 1 aliphatic heterocycles. The number of rotatable bonds is 4. The minimum absolute atomic E-state index is 0.0745. The van der Waals surface area contributed by atoms with Gasteiger partial charge >= 0.3 is 5.97 Å². The Balaban J connectivity index is 1.44. The fourth-order valence-corrected chi connectivity index (χ4v) is 3.99. The minimum Gasteiger partial charge on any atom is -0.457 e. The van der Waals surface area contributed by atoms with E-state index in [4.69, 9.17) is 9.15 Å². The molecule has 1 atom stereocenters. The molecule has 1 aliphatic rings. The molecule has 5 nitrogen and oxygen atoms in total. The van der Waals surface area contributed by atoms with Gasteiger partial charge in [-0.2, -0.15) is 0 Å². The predicted molar refractivity (Wildman–Crippen MR) is 99.0 cm³/mol. The maximum atomic E-state index is 12.7. The summed E-state index contributed by atoms with van der Waals surface area (Å²) in [5, 5.41) is 2.84. The van der Waals surface area contributed by atoms with Gasteiger partial charge in [-0.3, -0.25) is 4.79 Å². The van der Waals surface area contributed by atoms with Crippen molar-refractivity contribution in [2.45, 2.75) is 31.9 Å². The van der Waals surface area contributed by atoms with Gasteiger partial charge in [0.2, 0.25) is 0 Å². The Kier molecular flexibility index (Phi) is 4.75. The summed E-state index contributed by atoms with van der Waals surface area (Å²) in [6.07, 6.45) is 2.46. The van der Waals surface area contributed by atoms with Gasteiger partial charge in [0.05, 0.1) is 4.88 Å². The number of fused-ring (bicyclic) bond motifs is 1. The van der Waals surface area contributed by atoms with Crippen molar-refractivity contribution in [2.24, 2.45) is 0 Å². The molecule has 1 saturated heterocycles. The summed E-state index contributed by atoms with van der Waals surface area (Å²) in [5.74, 6) is 0.145. The van der Waals surface area contributed by atoms with Gasteiger partial charge < -0.3 is 14.1 Å². The number of esters is 1. The van der Waals surface area contributed by atoms with Gasteiger partial charge in [0, 0.05) is 11.9 Å². The summed E-state index contributed by atoms with van der Waals surface area (Å²) in [4.78, 5) is 27.6. The number of piperidine rings is 1. The molecule has 1 fully saturated rings. The monoisotopic (exact) mass is 369 g/mol. The van der Waals surface area contributed by atoms with Crippen LogP contribution in [0.2, 0.25) is 0 Å². The second-order valence-electron chi connectivity index (χ2n) is 6.35. The van der Waals surface area contributed by atoms with Gasteiger partial charge in [-0.25, -0.2) is 4.79 Å². The molecular formula is C20H19NO4S. The third-order valence-electron chi connectivity index (χ3n) is 4.60.